The molecular weight excluding hydrogens is 604 g/mol. The van der Waals surface area contributed by atoms with Gasteiger partial charge >= 0.3 is 0 Å². The smallest absolute Gasteiger partial charge is 0.287 e. The van der Waals surface area contributed by atoms with Gasteiger partial charge in [-0.3, -0.25) is 29.0 Å². The number of hydrogen-bond acceptors (Lipinski definition) is 9. The number of benzene rings is 1. The van der Waals surface area contributed by atoms with E-state index in [1.54, 1.807) is 19.9 Å². The summed E-state index contributed by atoms with van der Waals surface area (Å²) in [6, 6.07) is 6.09. The predicted octanol–water partition coefficient (Wildman–Crippen LogP) is 2.01. The molecule has 1 saturated heterocycles. The summed E-state index contributed by atoms with van der Waals surface area (Å²) in [5.74, 6) is -3.96. The minimum atomic E-state index is -1.32. The normalized spacial score (nSPS) is 19.8. The van der Waals surface area contributed by atoms with E-state index in [0.717, 1.165) is 37.5 Å². The monoisotopic (exact) mass is 644 g/mol. The number of para-hydroxylation sites is 1. The number of Topliss-reactive ketones (excluding diaryl/α,β-unsaturated/α-hetero) is 1. The highest BCUT2D eigenvalue weighted by atomic mass is 16.3. The molecule has 14 heteroatoms. The largest absolute Gasteiger partial charge is 0.384 e. The van der Waals surface area contributed by atoms with Gasteiger partial charge in [-0.2, -0.15) is 0 Å². The number of ketones is 1. The summed E-state index contributed by atoms with van der Waals surface area (Å²) in [5.41, 5.74) is 5.16. The molecule has 2 aliphatic rings. The van der Waals surface area contributed by atoms with E-state index in [2.05, 4.69) is 25.6 Å². The fourth-order valence-corrected chi connectivity index (χ4v) is 6.39. The second kappa shape index (κ2) is 13.9. The van der Waals surface area contributed by atoms with Gasteiger partial charge < -0.3 is 21.1 Å². The Labute approximate surface area is 271 Å². The van der Waals surface area contributed by atoms with Crippen molar-refractivity contribution < 1.29 is 29.1 Å². The average molecular weight is 645 g/mol. The van der Waals surface area contributed by atoms with E-state index in [9.17, 15) is 29.1 Å². The van der Waals surface area contributed by atoms with Crippen LogP contribution in [0.5, 0.6) is 0 Å². The number of aromatic nitrogens is 4. The van der Waals surface area contributed by atoms with Gasteiger partial charge in [0.25, 0.3) is 17.7 Å². The van der Waals surface area contributed by atoms with Crippen molar-refractivity contribution in [1.82, 2.24) is 30.2 Å². The second-order valence-electron chi connectivity index (χ2n) is 12.9. The molecule has 47 heavy (non-hydrogen) atoms. The van der Waals surface area contributed by atoms with Gasteiger partial charge in [0.05, 0.1) is 35.1 Å². The lowest BCUT2D eigenvalue weighted by atomic mass is 9.85. The molecule has 1 aliphatic carbocycles. The summed E-state index contributed by atoms with van der Waals surface area (Å²) < 4.78 is 1.48. The van der Waals surface area contributed by atoms with Crippen LogP contribution in [0.3, 0.4) is 0 Å². The molecule has 0 spiro atoms. The van der Waals surface area contributed by atoms with E-state index in [-0.39, 0.29) is 36.6 Å². The molecule has 1 unspecified atom stereocenters. The highest BCUT2D eigenvalue weighted by molar-refractivity contribution is 6.41. The molecule has 3 aromatic rings. The van der Waals surface area contributed by atoms with Gasteiger partial charge in [0.2, 0.25) is 11.7 Å². The number of hydrogen-bond donors (Lipinski definition) is 3. The third-order valence-electron chi connectivity index (χ3n) is 8.91. The molecule has 1 aromatic carbocycles. The van der Waals surface area contributed by atoms with Crippen molar-refractivity contribution >= 4 is 46.0 Å². The first-order valence-corrected chi connectivity index (χ1v) is 15.9. The maximum absolute atomic E-state index is 14.4. The molecule has 2 aromatic heterocycles. The number of nitrogens with one attached hydrogen (secondary N) is 1. The van der Waals surface area contributed by atoms with Crippen molar-refractivity contribution in [2.45, 2.75) is 89.4 Å². The van der Waals surface area contributed by atoms with E-state index in [4.69, 9.17) is 5.73 Å². The van der Waals surface area contributed by atoms with Gasteiger partial charge in [-0.25, -0.2) is 9.67 Å². The van der Waals surface area contributed by atoms with Crippen LogP contribution in [0, 0.1) is 5.92 Å². The molecule has 0 radical (unpaired) electrons. The Morgan fingerprint density at radius 2 is 1.83 bits per heavy atom. The van der Waals surface area contributed by atoms with Crippen LogP contribution in [0.2, 0.25) is 0 Å². The highest BCUT2D eigenvalue weighted by Gasteiger charge is 2.44. The van der Waals surface area contributed by atoms with Crippen molar-refractivity contribution in [3.8, 4) is 0 Å². The van der Waals surface area contributed by atoms with Crippen molar-refractivity contribution in [2.24, 2.45) is 16.6 Å². The quantitative estimate of drug-likeness (QED) is 0.218. The number of pyridine rings is 1. The van der Waals surface area contributed by atoms with Gasteiger partial charge in [0, 0.05) is 24.5 Å². The average Bonchev–Trinajstić information content (AvgIpc) is 3.72. The van der Waals surface area contributed by atoms with Crippen molar-refractivity contribution in [1.29, 1.82) is 0 Å². The van der Waals surface area contributed by atoms with Gasteiger partial charge in [0.15, 0.2) is 0 Å². The molecule has 5 rings (SSSR count). The summed E-state index contributed by atoms with van der Waals surface area (Å²) in [6.45, 7) is 4.46. The number of aliphatic imine (C=N–C) groups is 1. The first-order valence-electron chi connectivity index (χ1n) is 15.9. The summed E-state index contributed by atoms with van der Waals surface area (Å²) in [4.78, 5) is 75.4. The minimum Gasteiger partial charge on any atom is -0.384 e. The molecule has 2 fully saturated rings. The van der Waals surface area contributed by atoms with E-state index in [1.807, 2.05) is 24.3 Å². The molecule has 1 aliphatic heterocycles. The molecule has 4 N–H and O–H groups in total. The van der Waals surface area contributed by atoms with E-state index in [0.29, 0.717) is 11.2 Å². The Balaban J connectivity index is 1.50. The number of aliphatic hydroxyl groups is 1. The third-order valence-corrected chi connectivity index (χ3v) is 8.91. The van der Waals surface area contributed by atoms with Gasteiger partial charge in [-0.15, -0.1) is 5.10 Å². The maximum atomic E-state index is 14.4. The predicted molar refractivity (Wildman–Crippen MR) is 171 cm³/mol. The maximum Gasteiger partial charge on any atom is 0.287 e. The Hall–Kier alpha value is -4.85. The Kier molecular flexibility index (Phi) is 9.89. The van der Waals surface area contributed by atoms with Crippen LogP contribution < -0.4 is 11.1 Å². The molecule has 14 nitrogen and oxygen atoms in total. The molecule has 1 saturated carbocycles. The summed E-state index contributed by atoms with van der Waals surface area (Å²) in [6.07, 6.45) is 8.01. The SMILES string of the molecule is CC(NC(=O)[C@@H]1C[C@H](n2nncc2C(C)(C)O)CN1C(=O)/C(CC1CCCCC1)=N/C(=O)c1cnc2ccccc2c1)C(=O)C(N)=O. The molecule has 4 amide bonds. The van der Waals surface area contributed by atoms with E-state index in [1.165, 1.54) is 28.9 Å². The van der Waals surface area contributed by atoms with Crippen molar-refractivity contribution in [2.75, 3.05) is 6.54 Å². The summed E-state index contributed by atoms with van der Waals surface area (Å²) >= 11 is 0. The number of likely N-dealkylation sites (tertiary alicyclic amines) is 1. The van der Waals surface area contributed by atoms with Gasteiger partial charge in [-0.1, -0.05) is 55.5 Å². The Morgan fingerprint density at radius 3 is 2.53 bits per heavy atom. The summed E-state index contributed by atoms with van der Waals surface area (Å²) in [7, 11) is 0. The van der Waals surface area contributed by atoms with Crippen molar-refractivity contribution in [3.05, 3.63) is 54.0 Å². The molecule has 3 atom stereocenters. The summed E-state index contributed by atoms with van der Waals surface area (Å²) in [5, 5.41) is 22.1. The standard InChI is InChI=1S/C33H40N8O6/c1-19(28(42)29(34)43)37-31(45)26-15-23(41-27(17-36-39-41)33(2,3)47)18-40(26)32(46)25(13-20-9-5-4-6-10-20)38-30(44)22-14-21-11-7-8-12-24(21)35-16-22/h7-8,11-12,14,16-17,19-20,23,26,47H,4-6,9-10,13,15,18H2,1-3H3,(H2,34,43)(H,37,45)/b38-25+/t19?,23-,26-/m0/s1. The lowest BCUT2D eigenvalue weighted by Gasteiger charge is -2.27. The number of primary amides is 1. The number of amides is 4. The number of fused-ring (bicyclic) bond motifs is 1. The topological polar surface area (TPSA) is 203 Å². The van der Waals surface area contributed by atoms with Crippen LogP contribution in [0.25, 0.3) is 10.9 Å². The zero-order valence-electron chi connectivity index (χ0n) is 26.8. The molecule has 3 heterocycles. The number of carbonyl (C=O) groups excluding carboxylic acids is 5. The zero-order chi connectivity index (χ0) is 33.9. The lowest BCUT2D eigenvalue weighted by molar-refractivity contribution is -0.139. The second-order valence-corrected chi connectivity index (χ2v) is 12.9. The van der Waals surface area contributed by atoms with E-state index >= 15 is 0 Å². The van der Waals surface area contributed by atoms with Crippen LogP contribution in [0.15, 0.2) is 47.7 Å². The number of nitrogens with zero attached hydrogens (tertiary/aromatic N) is 6. The lowest BCUT2D eigenvalue weighted by Crippen LogP contribution is -2.52. The number of nitrogens with two attached hydrogens (primary N) is 1. The van der Waals surface area contributed by atoms with Crippen molar-refractivity contribution in [3.63, 3.8) is 0 Å². The molecular formula is C33H40N8O6. The van der Waals surface area contributed by atoms with Crippen LogP contribution >= 0.6 is 0 Å². The van der Waals surface area contributed by atoms with Crippen LogP contribution in [-0.2, 0) is 24.8 Å². The Morgan fingerprint density at radius 1 is 1.11 bits per heavy atom. The van der Waals surface area contributed by atoms with Crippen LogP contribution in [0.4, 0.5) is 0 Å². The van der Waals surface area contributed by atoms with Gasteiger partial charge in [-0.05, 0) is 45.2 Å². The first-order chi connectivity index (χ1) is 22.3. The number of rotatable bonds is 10. The fraction of sp³-hybridized carbons (Fsp3) is 0.485. The number of carbonyl (C=O) groups is 5. The molecule has 0 bridgehead atoms. The third kappa shape index (κ3) is 7.59. The van der Waals surface area contributed by atoms with E-state index < -0.39 is 53.1 Å². The highest BCUT2D eigenvalue weighted by Crippen LogP contribution is 2.33. The first kappa shape index (κ1) is 33.5. The van der Waals surface area contributed by atoms with Gasteiger partial charge in [0.1, 0.15) is 17.4 Å². The fourth-order valence-electron chi connectivity index (χ4n) is 6.39. The zero-order valence-corrected chi connectivity index (χ0v) is 26.8. The Bertz CT molecular complexity index is 1720. The van der Waals surface area contributed by atoms with Crippen LogP contribution in [-0.4, -0.2) is 83.7 Å². The molecule has 248 valence electrons. The minimum absolute atomic E-state index is 0.0170. The van der Waals surface area contributed by atoms with Crippen LogP contribution in [0.1, 0.15) is 87.8 Å².